The molecule has 5 aliphatic rings. The topological polar surface area (TPSA) is 66.7 Å². The summed E-state index contributed by atoms with van der Waals surface area (Å²) in [6.07, 6.45) is 3.32. The lowest BCUT2D eigenvalue weighted by Crippen LogP contribution is -2.52. The third kappa shape index (κ3) is 3.94. The normalized spacial score (nSPS) is 31.8. The first kappa shape index (κ1) is 21.5. The lowest BCUT2D eigenvalue weighted by atomic mass is 9.49. The molecule has 0 spiro atoms. The van der Waals surface area contributed by atoms with Gasteiger partial charge in [0.15, 0.2) is 0 Å². The molecule has 1 aromatic rings. The summed E-state index contributed by atoms with van der Waals surface area (Å²) in [5.41, 5.74) is -1.49. The summed E-state index contributed by atoms with van der Waals surface area (Å²) in [6, 6.07) is 2.88. The predicted molar refractivity (Wildman–Crippen MR) is 112 cm³/mol. The van der Waals surface area contributed by atoms with Crippen LogP contribution in [0.2, 0.25) is 0 Å². The minimum atomic E-state index is -4.69. The summed E-state index contributed by atoms with van der Waals surface area (Å²) >= 11 is 0. The fourth-order valence-corrected chi connectivity index (χ4v) is 7.28. The van der Waals surface area contributed by atoms with E-state index in [4.69, 9.17) is 0 Å². The second-order valence-corrected chi connectivity index (χ2v) is 10.4. The molecule has 5 fully saturated rings. The molecular formula is C23H28F3N3O3. The summed E-state index contributed by atoms with van der Waals surface area (Å²) in [5, 5.41) is 10.9. The largest absolute Gasteiger partial charge is 0.418 e. The third-order valence-corrected chi connectivity index (χ3v) is 8.16. The molecule has 174 valence electrons. The van der Waals surface area contributed by atoms with Crippen LogP contribution in [-0.2, 0) is 11.0 Å². The first-order chi connectivity index (χ1) is 15.1. The van der Waals surface area contributed by atoms with E-state index in [9.17, 15) is 28.1 Å². The Morgan fingerprint density at radius 2 is 1.59 bits per heavy atom. The van der Waals surface area contributed by atoms with Crippen LogP contribution in [0, 0.1) is 33.3 Å². The van der Waals surface area contributed by atoms with Crippen LogP contribution in [0.15, 0.2) is 18.2 Å². The van der Waals surface area contributed by atoms with Crippen LogP contribution in [0.1, 0.15) is 50.5 Å². The molecule has 6 nitrogen and oxygen atoms in total. The van der Waals surface area contributed by atoms with Gasteiger partial charge in [0.1, 0.15) is 0 Å². The highest BCUT2D eigenvalue weighted by Gasteiger charge is 2.51. The number of non-ortho nitro benzene ring substituents is 1. The molecule has 4 bridgehead atoms. The number of nitrogens with zero attached hydrogens (tertiary/aromatic N) is 3. The maximum absolute atomic E-state index is 13.6. The highest BCUT2D eigenvalue weighted by atomic mass is 19.4. The van der Waals surface area contributed by atoms with Gasteiger partial charge in [-0.15, -0.1) is 0 Å². The van der Waals surface area contributed by atoms with Crippen LogP contribution in [-0.4, -0.2) is 41.9 Å². The Bertz CT molecular complexity index is 890. The number of benzene rings is 1. The Kier molecular flexibility index (Phi) is 5.13. The molecule has 0 radical (unpaired) electrons. The van der Waals surface area contributed by atoms with Crippen LogP contribution in [0.5, 0.6) is 0 Å². The minimum Gasteiger partial charge on any atom is -0.367 e. The monoisotopic (exact) mass is 451 g/mol. The Labute approximate surface area is 184 Å². The van der Waals surface area contributed by atoms with Gasteiger partial charge in [-0.05, 0) is 67.8 Å². The molecule has 1 saturated heterocycles. The zero-order valence-corrected chi connectivity index (χ0v) is 17.9. The summed E-state index contributed by atoms with van der Waals surface area (Å²) in [7, 11) is 0. The fourth-order valence-electron chi connectivity index (χ4n) is 7.28. The molecule has 6 rings (SSSR count). The molecule has 0 atom stereocenters. The van der Waals surface area contributed by atoms with Crippen LogP contribution in [0.25, 0.3) is 0 Å². The number of hydrogen-bond donors (Lipinski definition) is 0. The van der Waals surface area contributed by atoms with Gasteiger partial charge in [-0.2, -0.15) is 13.2 Å². The van der Waals surface area contributed by atoms with Crippen molar-refractivity contribution >= 4 is 17.3 Å². The molecule has 9 heteroatoms. The molecule has 0 N–H and O–H groups in total. The Hall–Kier alpha value is -2.32. The molecule has 4 saturated carbocycles. The summed E-state index contributed by atoms with van der Waals surface area (Å²) in [6.45, 7) is 1.32. The van der Waals surface area contributed by atoms with Gasteiger partial charge in [0, 0.05) is 50.4 Å². The average Bonchev–Trinajstić information content (AvgIpc) is 2.71. The standard InChI is InChI=1S/C23H28F3N3O3/c24-23(25,26)19-10-18(29(31)32)1-2-20(19)27-3-5-28(6-4-27)21(30)14-22-11-15-7-16(12-22)9-17(8-15)13-22/h1-2,10,15-17H,3-9,11-14H2. The summed E-state index contributed by atoms with van der Waals surface area (Å²) in [4.78, 5) is 26.6. The van der Waals surface area contributed by atoms with E-state index in [1.807, 2.05) is 0 Å². The zero-order chi connectivity index (χ0) is 22.7. The lowest BCUT2D eigenvalue weighted by Gasteiger charge is -2.57. The second-order valence-electron chi connectivity index (χ2n) is 10.4. The molecule has 1 aromatic carbocycles. The quantitative estimate of drug-likeness (QED) is 0.484. The Morgan fingerprint density at radius 3 is 2.09 bits per heavy atom. The molecule has 1 heterocycles. The molecule has 0 unspecified atom stereocenters. The van der Waals surface area contributed by atoms with E-state index in [0.29, 0.717) is 25.6 Å². The third-order valence-electron chi connectivity index (χ3n) is 8.16. The second kappa shape index (κ2) is 7.63. The van der Waals surface area contributed by atoms with Gasteiger partial charge < -0.3 is 9.80 Å². The van der Waals surface area contributed by atoms with Gasteiger partial charge in [0.2, 0.25) is 5.91 Å². The van der Waals surface area contributed by atoms with E-state index in [2.05, 4.69) is 0 Å². The number of halogens is 3. The van der Waals surface area contributed by atoms with Crippen molar-refractivity contribution in [1.82, 2.24) is 4.90 Å². The van der Waals surface area contributed by atoms with Crippen molar-refractivity contribution in [3.05, 3.63) is 33.9 Å². The number of carbonyl (C=O) groups is 1. The fraction of sp³-hybridized carbons (Fsp3) is 0.696. The highest BCUT2D eigenvalue weighted by Crippen LogP contribution is 2.61. The SMILES string of the molecule is O=C(CC12CC3CC(CC(C3)C1)C2)N1CCN(c2ccc([N+](=O)[O-])cc2C(F)(F)F)CC1. The number of alkyl halides is 3. The molecule has 1 amide bonds. The first-order valence-electron chi connectivity index (χ1n) is 11.5. The number of nitro groups is 1. The molecule has 4 aliphatic carbocycles. The highest BCUT2D eigenvalue weighted by molar-refractivity contribution is 5.77. The Morgan fingerprint density at radius 1 is 1.03 bits per heavy atom. The van der Waals surface area contributed by atoms with Crippen molar-refractivity contribution in [2.75, 3.05) is 31.1 Å². The molecule has 32 heavy (non-hydrogen) atoms. The average molecular weight is 451 g/mol. The number of carbonyl (C=O) groups excluding carboxylic acids is 1. The first-order valence-corrected chi connectivity index (χ1v) is 11.5. The van der Waals surface area contributed by atoms with Gasteiger partial charge >= 0.3 is 6.18 Å². The van der Waals surface area contributed by atoms with Gasteiger partial charge in [0.25, 0.3) is 5.69 Å². The van der Waals surface area contributed by atoms with Crippen molar-refractivity contribution < 1.29 is 22.9 Å². The van der Waals surface area contributed by atoms with E-state index < -0.39 is 22.4 Å². The molecular weight excluding hydrogens is 423 g/mol. The van der Waals surface area contributed by atoms with Crippen molar-refractivity contribution in [3.63, 3.8) is 0 Å². The number of hydrogen-bond acceptors (Lipinski definition) is 4. The number of rotatable bonds is 4. The Balaban J connectivity index is 1.25. The van der Waals surface area contributed by atoms with Crippen LogP contribution in [0.4, 0.5) is 24.5 Å². The van der Waals surface area contributed by atoms with Gasteiger partial charge in [0.05, 0.1) is 10.5 Å². The van der Waals surface area contributed by atoms with E-state index in [1.54, 1.807) is 9.80 Å². The minimum absolute atomic E-state index is 0.0590. The zero-order valence-electron chi connectivity index (χ0n) is 17.9. The van der Waals surface area contributed by atoms with E-state index >= 15 is 0 Å². The van der Waals surface area contributed by atoms with Crippen LogP contribution in [0.3, 0.4) is 0 Å². The number of nitro benzene ring substituents is 1. The van der Waals surface area contributed by atoms with Crippen molar-refractivity contribution in [3.8, 4) is 0 Å². The number of amides is 1. The van der Waals surface area contributed by atoms with Crippen LogP contribution < -0.4 is 4.90 Å². The van der Waals surface area contributed by atoms with Gasteiger partial charge in [-0.25, -0.2) is 0 Å². The summed E-state index contributed by atoms with van der Waals surface area (Å²) < 4.78 is 40.7. The predicted octanol–water partition coefficient (Wildman–Crippen LogP) is 4.87. The maximum atomic E-state index is 13.6. The molecule has 0 aromatic heterocycles. The van der Waals surface area contributed by atoms with E-state index in [0.717, 1.165) is 43.1 Å². The maximum Gasteiger partial charge on any atom is 0.418 e. The van der Waals surface area contributed by atoms with Crippen molar-refractivity contribution in [1.29, 1.82) is 0 Å². The van der Waals surface area contributed by atoms with Crippen molar-refractivity contribution in [2.24, 2.45) is 23.2 Å². The van der Waals surface area contributed by atoms with E-state index in [1.165, 1.54) is 25.3 Å². The van der Waals surface area contributed by atoms with Gasteiger partial charge in [-0.1, -0.05) is 0 Å². The number of anilines is 1. The number of piperazine rings is 1. The van der Waals surface area contributed by atoms with E-state index in [-0.39, 0.29) is 30.1 Å². The molecule has 1 aliphatic heterocycles. The summed E-state index contributed by atoms with van der Waals surface area (Å²) in [5.74, 6) is 2.45. The van der Waals surface area contributed by atoms with Gasteiger partial charge in [-0.3, -0.25) is 14.9 Å². The smallest absolute Gasteiger partial charge is 0.367 e. The van der Waals surface area contributed by atoms with Crippen molar-refractivity contribution in [2.45, 2.75) is 51.1 Å². The lowest BCUT2D eigenvalue weighted by molar-refractivity contribution is -0.385. The van der Waals surface area contributed by atoms with Crippen LogP contribution >= 0.6 is 0 Å².